The number of rotatable bonds is 9. The Morgan fingerprint density at radius 2 is 0.678 bits per heavy atom. The van der Waals surface area contributed by atoms with E-state index in [9.17, 15) is 0 Å². The van der Waals surface area contributed by atoms with Crippen LogP contribution >= 0.6 is 0 Å². The van der Waals surface area contributed by atoms with E-state index in [0.29, 0.717) is 18.6 Å². The standard InChI is InChI=1S/C57H57NO/c1-35-19-13-20-36(2)52(35)46-27-17-28-47(53-37(3)21-14-22-38(53)4)50(46)33-43-31-45(57(9,10)11)32-44(56(43)59-58-12)34-51-48(54-39(5)23-15-24-40(54)6)29-18-30-49(51)55-41(7)25-16-26-42(55)8/h13-32H,33-34H2,1-11H3. The first-order valence-electron chi connectivity index (χ1n) is 20.9. The molecule has 0 saturated carbocycles. The average Bonchev–Trinajstić information content (AvgIpc) is 3.17. The molecule has 0 aliphatic heterocycles. The Morgan fingerprint density at radius 3 is 0.915 bits per heavy atom. The van der Waals surface area contributed by atoms with Gasteiger partial charge in [-0.15, -0.1) is 0 Å². The van der Waals surface area contributed by atoms with E-state index < -0.39 is 0 Å². The quantitative estimate of drug-likeness (QED) is 0.105. The molecule has 0 spiro atoms. The van der Waals surface area contributed by atoms with Crippen LogP contribution in [0.3, 0.4) is 0 Å². The summed E-state index contributed by atoms with van der Waals surface area (Å²) in [5.41, 5.74) is 25.4. The Balaban J connectivity index is 1.54. The first-order valence-corrected chi connectivity index (χ1v) is 20.9. The fourth-order valence-corrected chi connectivity index (χ4v) is 9.44. The third-order valence-electron chi connectivity index (χ3n) is 12.3. The van der Waals surface area contributed by atoms with Gasteiger partial charge in [-0.1, -0.05) is 142 Å². The molecule has 0 aromatic heterocycles. The molecule has 0 bridgehead atoms. The van der Waals surface area contributed by atoms with E-state index in [4.69, 9.17) is 11.4 Å². The van der Waals surface area contributed by atoms with Gasteiger partial charge in [0.1, 0.15) is 0 Å². The highest BCUT2D eigenvalue weighted by atomic mass is 16.6. The topological polar surface area (TPSA) is 13.6 Å². The lowest BCUT2D eigenvalue weighted by Crippen LogP contribution is -2.14. The summed E-state index contributed by atoms with van der Waals surface area (Å²) in [7, 11) is 0. The van der Waals surface area contributed by atoms with Crippen molar-refractivity contribution in [3.8, 4) is 50.3 Å². The molecule has 0 radical (unpaired) electrons. The Morgan fingerprint density at radius 1 is 0.424 bits per heavy atom. The van der Waals surface area contributed by atoms with Crippen LogP contribution in [-0.4, -0.2) is 0 Å². The SMILES string of the molecule is [C-]#[N+]Oc1c(Cc2c(-c3c(C)cccc3C)cccc2-c2c(C)cccc2C)cc(C(C)(C)C)cc1Cc1c(-c2c(C)cccc2C)cccc1-c1c(C)cccc1C. The first-order chi connectivity index (χ1) is 28.2. The van der Waals surface area contributed by atoms with E-state index in [1.807, 2.05) is 0 Å². The van der Waals surface area contributed by atoms with Crippen LogP contribution in [0.2, 0.25) is 0 Å². The molecule has 0 unspecified atom stereocenters. The van der Waals surface area contributed by atoms with Gasteiger partial charge < -0.3 is 0 Å². The maximum absolute atomic E-state index is 8.20. The number of nitrogens with zero attached hydrogens (tertiary/aromatic N) is 1. The van der Waals surface area contributed by atoms with Crippen LogP contribution in [0.5, 0.6) is 5.75 Å². The smallest absolute Gasteiger partial charge is 0.157 e. The van der Waals surface area contributed by atoms with E-state index >= 15 is 0 Å². The van der Waals surface area contributed by atoms with Gasteiger partial charge in [0.2, 0.25) is 5.75 Å². The predicted octanol–water partition coefficient (Wildman–Crippen LogP) is 15.5. The molecule has 296 valence electrons. The minimum Gasteiger partial charge on any atom is -0.157 e. The lowest BCUT2D eigenvalue weighted by Gasteiger charge is -2.25. The third-order valence-corrected chi connectivity index (χ3v) is 12.3. The molecular formula is C57H57NO. The molecule has 0 aliphatic carbocycles. The Hall–Kier alpha value is -6.17. The van der Waals surface area contributed by atoms with Crippen LogP contribution in [0.1, 0.15) is 93.1 Å². The summed E-state index contributed by atoms with van der Waals surface area (Å²) in [4.78, 5) is 6.24. The summed E-state index contributed by atoms with van der Waals surface area (Å²) in [5.74, 6) is 0.653. The number of hydrogen-bond donors (Lipinski definition) is 0. The highest BCUT2D eigenvalue weighted by Gasteiger charge is 2.27. The molecule has 0 fully saturated rings. The fraction of sp³-hybridized carbons (Fsp3) is 0.246. The Kier molecular flexibility index (Phi) is 11.5. The van der Waals surface area contributed by atoms with Crippen molar-refractivity contribution in [3.05, 3.63) is 205 Å². The van der Waals surface area contributed by atoms with E-state index in [1.54, 1.807) is 0 Å². The summed E-state index contributed by atoms with van der Waals surface area (Å²) in [6.07, 6.45) is 1.19. The number of hydrogen-bond acceptors (Lipinski definition) is 1. The maximum Gasteiger partial charge on any atom is 0.226 e. The van der Waals surface area contributed by atoms with Gasteiger partial charge in [0.05, 0.1) is 0 Å². The van der Waals surface area contributed by atoms with Crippen LogP contribution in [0, 0.1) is 62.0 Å². The van der Waals surface area contributed by atoms with Crippen LogP contribution in [0.25, 0.3) is 49.5 Å². The van der Waals surface area contributed by atoms with Crippen molar-refractivity contribution in [2.24, 2.45) is 0 Å². The van der Waals surface area contributed by atoms with Crippen LogP contribution in [0.4, 0.5) is 0 Å². The van der Waals surface area contributed by atoms with Gasteiger partial charge in [-0.05, 0) is 172 Å². The van der Waals surface area contributed by atoms with Gasteiger partial charge in [0.15, 0.2) is 0 Å². The summed E-state index contributed by atoms with van der Waals surface area (Å²) < 4.78 is 0. The van der Waals surface area contributed by atoms with E-state index in [0.717, 1.165) is 11.1 Å². The van der Waals surface area contributed by atoms with Crippen molar-refractivity contribution in [1.29, 1.82) is 0 Å². The summed E-state index contributed by atoms with van der Waals surface area (Å²) in [5, 5.41) is 3.69. The van der Waals surface area contributed by atoms with Gasteiger partial charge in [0.25, 0.3) is 0 Å². The minimum atomic E-state index is -0.163. The van der Waals surface area contributed by atoms with Gasteiger partial charge in [-0.25, -0.2) is 0 Å². The zero-order valence-electron chi connectivity index (χ0n) is 36.8. The normalized spacial score (nSPS) is 11.4. The van der Waals surface area contributed by atoms with Gasteiger partial charge in [-0.2, -0.15) is 11.4 Å². The monoisotopic (exact) mass is 771 g/mol. The van der Waals surface area contributed by atoms with Gasteiger partial charge in [-0.3, -0.25) is 0 Å². The van der Waals surface area contributed by atoms with Gasteiger partial charge >= 0.3 is 0 Å². The van der Waals surface area contributed by atoms with Gasteiger partial charge in [0, 0.05) is 24.0 Å². The zero-order chi connectivity index (χ0) is 42.2. The molecule has 0 saturated heterocycles. The Labute approximate surface area is 353 Å². The van der Waals surface area contributed by atoms with Crippen LogP contribution < -0.4 is 4.84 Å². The van der Waals surface area contributed by atoms with E-state index in [-0.39, 0.29) is 5.41 Å². The minimum absolute atomic E-state index is 0.163. The van der Waals surface area contributed by atoms with Crippen molar-refractivity contribution in [2.75, 3.05) is 0 Å². The van der Waals surface area contributed by atoms with Crippen molar-refractivity contribution >= 4 is 0 Å². The molecule has 2 heteroatoms. The molecular weight excluding hydrogens is 715 g/mol. The van der Waals surface area contributed by atoms with Crippen LogP contribution in [-0.2, 0) is 18.3 Å². The molecule has 0 atom stereocenters. The van der Waals surface area contributed by atoms with Crippen LogP contribution in [0.15, 0.2) is 121 Å². The molecule has 7 aromatic carbocycles. The molecule has 0 N–H and O–H groups in total. The van der Waals surface area contributed by atoms with Crippen molar-refractivity contribution < 1.29 is 4.84 Å². The molecule has 0 amide bonds. The molecule has 0 aliphatic rings. The predicted molar refractivity (Wildman–Crippen MR) is 251 cm³/mol. The van der Waals surface area contributed by atoms with E-state index in [2.05, 4.69) is 202 Å². The average molecular weight is 772 g/mol. The Bertz CT molecular complexity index is 2370. The lowest BCUT2D eigenvalue weighted by atomic mass is 9.79. The maximum atomic E-state index is 8.20. The second-order valence-corrected chi connectivity index (χ2v) is 17.6. The van der Waals surface area contributed by atoms with Crippen molar-refractivity contribution in [2.45, 2.75) is 94.4 Å². The lowest BCUT2D eigenvalue weighted by molar-refractivity contribution is 0.460. The van der Waals surface area contributed by atoms with E-state index in [1.165, 1.54) is 106 Å². The summed E-state index contributed by atoms with van der Waals surface area (Å²) >= 11 is 0. The molecule has 7 aromatic rings. The highest BCUT2D eigenvalue weighted by molar-refractivity contribution is 5.86. The molecule has 2 nitrogen and oxygen atoms in total. The third kappa shape index (κ3) is 8.00. The summed E-state index contributed by atoms with van der Waals surface area (Å²) in [6.45, 7) is 32.8. The molecule has 59 heavy (non-hydrogen) atoms. The zero-order valence-corrected chi connectivity index (χ0v) is 36.8. The van der Waals surface area contributed by atoms with Crippen molar-refractivity contribution in [3.63, 3.8) is 0 Å². The number of aryl methyl sites for hydroxylation is 8. The fourth-order valence-electron chi connectivity index (χ4n) is 9.44. The molecule has 0 heterocycles. The largest absolute Gasteiger partial charge is 0.226 e. The van der Waals surface area contributed by atoms with Crippen molar-refractivity contribution in [1.82, 2.24) is 0 Å². The highest BCUT2D eigenvalue weighted by Crippen LogP contribution is 2.45. The second-order valence-electron chi connectivity index (χ2n) is 17.6. The molecule has 7 rings (SSSR count). The number of benzene rings is 7. The summed E-state index contributed by atoms with van der Waals surface area (Å²) in [6, 6.07) is 44.4. The first kappa shape index (κ1) is 41.0. The second kappa shape index (κ2) is 16.6.